The minimum atomic E-state index is -0.743. The number of primary amides is 2. The number of rotatable bonds is 5. The van der Waals surface area contributed by atoms with Crippen LogP contribution in [0, 0.1) is 12.8 Å². The van der Waals surface area contributed by atoms with Crippen molar-refractivity contribution in [3.05, 3.63) is 41.2 Å². The zero-order chi connectivity index (χ0) is 19.8. The Kier molecular flexibility index (Phi) is 4.54. The molecule has 144 valence electrons. The average molecular weight is 378 g/mol. The summed E-state index contributed by atoms with van der Waals surface area (Å²) in [5.74, 6) is -0.844. The second-order valence-corrected chi connectivity index (χ2v) is 7.31. The van der Waals surface area contributed by atoms with Gasteiger partial charge in [0.25, 0.3) is 5.91 Å². The summed E-state index contributed by atoms with van der Waals surface area (Å²) in [7, 11) is 0. The van der Waals surface area contributed by atoms with Gasteiger partial charge >= 0.3 is 0 Å². The van der Waals surface area contributed by atoms with Crippen LogP contribution in [-0.2, 0) is 6.54 Å². The van der Waals surface area contributed by atoms with Crippen LogP contribution in [0.5, 0.6) is 0 Å². The summed E-state index contributed by atoms with van der Waals surface area (Å²) in [6.07, 6.45) is 4.81. The molecule has 2 heterocycles. The highest BCUT2D eigenvalue weighted by Crippen LogP contribution is 2.33. The molecular formula is C20H22N6O2. The standard InChI is InChI=1S/C20H22N6O2/c1-11-17(24-25-26(11)10-12-6-2-3-7-12)16-15(19(21)27)13-8-4-5-9-14(13)23-18(16)20(22)28/h4-5,8-9,12H,2-3,6-7,10H2,1H3,(H2,21,27)(H2,22,28). The molecule has 1 aliphatic carbocycles. The number of hydrogen-bond acceptors (Lipinski definition) is 5. The van der Waals surface area contributed by atoms with Crippen LogP contribution in [0.4, 0.5) is 0 Å². The van der Waals surface area contributed by atoms with Crippen molar-refractivity contribution in [3.63, 3.8) is 0 Å². The second kappa shape index (κ2) is 7.03. The van der Waals surface area contributed by atoms with Gasteiger partial charge in [-0.2, -0.15) is 0 Å². The number of para-hydroxylation sites is 1. The number of carbonyl (C=O) groups excluding carboxylic acids is 2. The minimum Gasteiger partial charge on any atom is -0.366 e. The van der Waals surface area contributed by atoms with Gasteiger partial charge in [0.2, 0.25) is 5.91 Å². The Balaban J connectivity index is 1.94. The van der Waals surface area contributed by atoms with E-state index in [1.165, 1.54) is 25.7 Å². The Morgan fingerprint density at radius 3 is 2.54 bits per heavy atom. The molecule has 4 rings (SSSR count). The summed E-state index contributed by atoms with van der Waals surface area (Å²) in [6.45, 7) is 2.63. The molecule has 0 saturated heterocycles. The Labute approximate surface area is 161 Å². The number of fused-ring (bicyclic) bond motifs is 1. The van der Waals surface area contributed by atoms with Crippen LogP contribution in [0.2, 0.25) is 0 Å². The molecule has 8 heteroatoms. The van der Waals surface area contributed by atoms with Crippen molar-refractivity contribution in [2.75, 3.05) is 0 Å². The zero-order valence-corrected chi connectivity index (χ0v) is 15.7. The second-order valence-electron chi connectivity index (χ2n) is 7.31. The smallest absolute Gasteiger partial charge is 0.268 e. The van der Waals surface area contributed by atoms with E-state index in [2.05, 4.69) is 15.3 Å². The number of nitrogens with zero attached hydrogens (tertiary/aromatic N) is 4. The fourth-order valence-corrected chi connectivity index (χ4v) is 4.08. The lowest BCUT2D eigenvalue weighted by Crippen LogP contribution is -2.21. The number of carbonyl (C=O) groups is 2. The fraction of sp³-hybridized carbons (Fsp3) is 0.350. The monoisotopic (exact) mass is 378 g/mol. The van der Waals surface area contributed by atoms with Crippen molar-refractivity contribution in [2.45, 2.75) is 39.2 Å². The number of hydrogen-bond donors (Lipinski definition) is 2. The van der Waals surface area contributed by atoms with Gasteiger partial charge in [0.15, 0.2) is 0 Å². The molecule has 2 aromatic heterocycles. The maximum Gasteiger partial charge on any atom is 0.268 e. The molecule has 3 aromatic rings. The van der Waals surface area contributed by atoms with Gasteiger partial charge in [-0.3, -0.25) is 9.59 Å². The topological polar surface area (TPSA) is 130 Å². The number of amides is 2. The van der Waals surface area contributed by atoms with Crippen LogP contribution < -0.4 is 11.5 Å². The van der Waals surface area contributed by atoms with E-state index in [0.717, 1.165) is 12.2 Å². The van der Waals surface area contributed by atoms with Crippen molar-refractivity contribution >= 4 is 22.7 Å². The highest BCUT2D eigenvalue weighted by molar-refractivity contribution is 6.15. The van der Waals surface area contributed by atoms with Crippen LogP contribution in [0.25, 0.3) is 22.2 Å². The molecule has 1 fully saturated rings. The molecule has 0 radical (unpaired) electrons. The van der Waals surface area contributed by atoms with E-state index in [1.54, 1.807) is 24.3 Å². The number of benzene rings is 1. The molecule has 2 amide bonds. The van der Waals surface area contributed by atoms with Gasteiger partial charge in [-0.25, -0.2) is 9.67 Å². The average Bonchev–Trinajstić information content (AvgIpc) is 3.30. The van der Waals surface area contributed by atoms with Gasteiger partial charge in [0, 0.05) is 17.5 Å². The van der Waals surface area contributed by atoms with Crippen LogP contribution in [0.1, 0.15) is 52.2 Å². The van der Waals surface area contributed by atoms with Crippen molar-refractivity contribution in [1.82, 2.24) is 20.0 Å². The van der Waals surface area contributed by atoms with E-state index in [1.807, 2.05) is 11.6 Å². The molecule has 8 nitrogen and oxygen atoms in total. The van der Waals surface area contributed by atoms with Gasteiger partial charge < -0.3 is 11.5 Å². The number of aromatic nitrogens is 4. The summed E-state index contributed by atoms with van der Waals surface area (Å²) in [5.41, 5.74) is 13.4. The summed E-state index contributed by atoms with van der Waals surface area (Å²) in [6, 6.07) is 7.01. The quantitative estimate of drug-likeness (QED) is 0.703. The molecule has 1 saturated carbocycles. The highest BCUT2D eigenvalue weighted by atomic mass is 16.1. The molecule has 0 unspecified atom stereocenters. The predicted molar refractivity (Wildman–Crippen MR) is 104 cm³/mol. The van der Waals surface area contributed by atoms with E-state index in [-0.39, 0.29) is 16.8 Å². The summed E-state index contributed by atoms with van der Waals surface area (Å²) in [4.78, 5) is 28.9. The molecular weight excluding hydrogens is 356 g/mol. The van der Waals surface area contributed by atoms with Gasteiger partial charge in [0.1, 0.15) is 11.4 Å². The van der Waals surface area contributed by atoms with E-state index < -0.39 is 11.8 Å². The normalized spacial score (nSPS) is 14.6. The summed E-state index contributed by atoms with van der Waals surface area (Å²) >= 11 is 0. The predicted octanol–water partition coefficient (Wildman–Crippen LogP) is 2.19. The van der Waals surface area contributed by atoms with Gasteiger partial charge in [-0.1, -0.05) is 36.3 Å². The third-order valence-electron chi connectivity index (χ3n) is 5.50. The molecule has 1 aliphatic rings. The maximum absolute atomic E-state index is 12.4. The number of pyridine rings is 1. The van der Waals surface area contributed by atoms with Crippen LogP contribution in [0.15, 0.2) is 24.3 Å². The first-order chi connectivity index (χ1) is 13.5. The van der Waals surface area contributed by atoms with Crippen LogP contribution >= 0.6 is 0 Å². The molecule has 28 heavy (non-hydrogen) atoms. The Morgan fingerprint density at radius 1 is 1.14 bits per heavy atom. The first kappa shape index (κ1) is 18.1. The van der Waals surface area contributed by atoms with Crippen molar-refractivity contribution in [2.24, 2.45) is 17.4 Å². The van der Waals surface area contributed by atoms with Gasteiger partial charge in [0.05, 0.1) is 16.8 Å². The van der Waals surface area contributed by atoms with E-state index >= 15 is 0 Å². The number of nitrogens with two attached hydrogens (primary N) is 2. The van der Waals surface area contributed by atoms with Gasteiger partial charge in [-0.05, 0) is 31.7 Å². The largest absolute Gasteiger partial charge is 0.366 e. The Hall–Kier alpha value is -3.29. The molecule has 0 spiro atoms. The summed E-state index contributed by atoms with van der Waals surface area (Å²) < 4.78 is 1.83. The SMILES string of the molecule is Cc1c(-c2c(C(N)=O)nc3ccccc3c2C(N)=O)nnn1CC1CCCC1. The zero-order valence-electron chi connectivity index (χ0n) is 15.7. The molecule has 4 N–H and O–H groups in total. The highest BCUT2D eigenvalue weighted by Gasteiger charge is 2.27. The Morgan fingerprint density at radius 2 is 1.86 bits per heavy atom. The molecule has 0 aliphatic heterocycles. The lowest BCUT2D eigenvalue weighted by atomic mass is 9.96. The van der Waals surface area contributed by atoms with Crippen LogP contribution in [0.3, 0.4) is 0 Å². The van der Waals surface area contributed by atoms with E-state index in [0.29, 0.717) is 22.5 Å². The van der Waals surface area contributed by atoms with Crippen molar-refractivity contribution in [3.8, 4) is 11.3 Å². The van der Waals surface area contributed by atoms with Crippen molar-refractivity contribution < 1.29 is 9.59 Å². The summed E-state index contributed by atoms with van der Waals surface area (Å²) in [5, 5.41) is 9.10. The first-order valence-electron chi connectivity index (χ1n) is 9.40. The third-order valence-corrected chi connectivity index (χ3v) is 5.50. The van der Waals surface area contributed by atoms with Crippen molar-refractivity contribution in [1.29, 1.82) is 0 Å². The van der Waals surface area contributed by atoms with Crippen LogP contribution in [-0.4, -0.2) is 31.8 Å². The minimum absolute atomic E-state index is 0.0245. The third kappa shape index (κ3) is 3.00. The lowest BCUT2D eigenvalue weighted by Gasteiger charge is -2.13. The molecule has 0 atom stereocenters. The fourth-order valence-electron chi connectivity index (χ4n) is 4.08. The van der Waals surface area contributed by atoms with E-state index in [4.69, 9.17) is 11.5 Å². The Bertz CT molecular complexity index is 1080. The van der Waals surface area contributed by atoms with E-state index in [9.17, 15) is 9.59 Å². The maximum atomic E-state index is 12.4. The molecule has 1 aromatic carbocycles. The lowest BCUT2D eigenvalue weighted by molar-refractivity contribution is 0.0996. The molecule has 0 bridgehead atoms. The first-order valence-corrected chi connectivity index (χ1v) is 9.40. The van der Waals surface area contributed by atoms with Gasteiger partial charge in [-0.15, -0.1) is 5.10 Å².